The average Bonchev–Trinajstić information content (AvgIpc) is 3.24. The molecule has 0 aliphatic carbocycles. The van der Waals surface area contributed by atoms with Gasteiger partial charge in [-0.15, -0.1) is 0 Å². The molecule has 0 aromatic heterocycles. The number of hydrogen-bond donors (Lipinski definition) is 1. The lowest BCUT2D eigenvalue weighted by Crippen LogP contribution is -2.43. The van der Waals surface area contributed by atoms with Gasteiger partial charge in [-0.05, 0) is 80.4 Å². The number of benzene rings is 3. The van der Waals surface area contributed by atoms with Gasteiger partial charge in [0.15, 0.2) is 23.0 Å². The third-order valence-corrected chi connectivity index (χ3v) is 8.25. The minimum Gasteiger partial charge on any atom is -0.455 e. The van der Waals surface area contributed by atoms with Crippen LogP contribution in [0.2, 0.25) is 0 Å². The predicted octanol–water partition coefficient (Wildman–Crippen LogP) is 6.91. The number of hydrogen-bond acceptors (Lipinski definition) is 11. The van der Waals surface area contributed by atoms with Crippen LogP contribution < -0.4 is 24.4 Å². The maximum atomic E-state index is 13.9. The lowest BCUT2D eigenvalue weighted by Gasteiger charge is -2.29. The number of anilines is 3. The molecule has 0 saturated carbocycles. The Morgan fingerprint density at radius 1 is 0.981 bits per heavy atom. The Morgan fingerprint density at radius 3 is 2.21 bits per heavy atom. The van der Waals surface area contributed by atoms with Gasteiger partial charge in [-0.2, -0.15) is 18.4 Å². The van der Waals surface area contributed by atoms with Crippen molar-refractivity contribution < 1.29 is 56.1 Å². The van der Waals surface area contributed by atoms with Gasteiger partial charge in [-0.1, -0.05) is 0 Å². The molecule has 1 N–H and O–H groups in total. The molecule has 16 heteroatoms. The fourth-order valence-corrected chi connectivity index (χ4v) is 5.65. The first-order chi connectivity index (χ1) is 24.9. The summed E-state index contributed by atoms with van der Waals surface area (Å²) >= 11 is 0. The van der Waals surface area contributed by atoms with Crippen molar-refractivity contribution in [1.82, 2.24) is 4.90 Å². The summed E-state index contributed by atoms with van der Waals surface area (Å²) in [6, 6.07) is 12.3. The molecule has 1 saturated heterocycles. The number of imide groups is 1. The lowest BCUT2D eigenvalue weighted by atomic mass is 10.0. The molecule has 0 spiro atoms. The van der Waals surface area contributed by atoms with Crippen LogP contribution in [0, 0.1) is 11.3 Å². The Bertz CT molecular complexity index is 2070. The summed E-state index contributed by atoms with van der Waals surface area (Å²) in [5, 5.41) is 12.4. The fourth-order valence-electron chi connectivity index (χ4n) is 5.65. The Balaban J connectivity index is 1.49. The molecule has 2 aliphatic rings. The van der Waals surface area contributed by atoms with E-state index < -0.39 is 53.0 Å². The van der Waals surface area contributed by atoms with Crippen LogP contribution in [0.3, 0.4) is 0 Å². The number of Topliss-reactive ketones (excluding diaryl/α,β-unsaturated/α-hetero) is 1. The topological polar surface area (TPSA) is 165 Å². The van der Waals surface area contributed by atoms with Crippen LogP contribution >= 0.6 is 0 Å². The van der Waals surface area contributed by atoms with Crippen LogP contribution in [0.1, 0.15) is 64.2 Å². The molecule has 3 aromatic rings. The molecule has 0 bridgehead atoms. The summed E-state index contributed by atoms with van der Waals surface area (Å²) in [7, 11) is 0. The molecule has 1 atom stereocenters. The van der Waals surface area contributed by atoms with E-state index in [2.05, 4.69) is 5.32 Å². The number of ketones is 1. The molecule has 13 nitrogen and oxygen atoms in total. The minimum atomic E-state index is -4.94. The molecule has 2 heterocycles. The van der Waals surface area contributed by atoms with Crippen LogP contribution in [0.15, 0.2) is 66.4 Å². The largest absolute Gasteiger partial charge is 0.455 e. The normalized spacial score (nSPS) is 16.7. The second kappa shape index (κ2) is 14.7. The van der Waals surface area contributed by atoms with Crippen LogP contribution in [0.25, 0.3) is 0 Å². The molecule has 276 valence electrons. The van der Waals surface area contributed by atoms with Crippen LogP contribution in [-0.2, 0) is 36.6 Å². The molecule has 1 fully saturated rings. The number of nitrogens with zero attached hydrogens (tertiary/aromatic N) is 3. The van der Waals surface area contributed by atoms with Gasteiger partial charge in [0.2, 0.25) is 6.29 Å². The highest BCUT2D eigenvalue weighted by atomic mass is 19.4. The highest BCUT2D eigenvalue weighted by molar-refractivity contribution is 6.23. The van der Waals surface area contributed by atoms with Crippen molar-refractivity contribution in [3.05, 3.63) is 83.1 Å². The molecule has 3 amide bonds. The van der Waals surface area contributed by atoms with Crippen LogP contribution in [0.5, 0.6) is 17.2 Å². The van der Waals surface area contributed by atoms with Gasteiger partial charge in [0.25, 0.3) is 5.91 Å². The summed E-state index contributed by atoms with van der Waals surface area (Å²) < 4.78 is 63.5. The van der Waals surface area contributed by atoms with E-state index >= 15 is 0 Å². The first-order valence-corrected chi connectivity index (χ1v) is 16.1. The van der Waals surface area contributed by atoms with Crippen molar-refractivity contribution in [2.24, 2.45) is 0 Å². The van der Waals surface area contributed by atoms with Crippen molar-refractivity contribution in [2.45, 2.75) is 72.0 Å². The minimum absolute atomic E-state index is 0.148. The SMILES string of the molecule is CC(=O)Oc1cc(CN2C(=O)N(c3ccc(C#N)c(C(F)(F)F)c3)C(=O)C2(C)C)c(Nc2ccc(OC3CCC=C(C(C)=O)O3)cc2)cc1OC(C)=O. The van der Waals surface area contributed by atoms with E-state index in [0.29, 0.717) is 35.2 Å². The third-order valence-electron chi connectivity index (χ3n) is 8.25. The van der Waals surface area contributed by atoms with E-state index in [4.69, 9.17) is 18.9 Å². The fraction of sp³-hybridized carbons (Fsp3) is 0.297. The van der Waals surface area contributed by atoms with Crippen molar-refractivity contribution in [3.8, 4) is 23.3 Å². The van der Waals surface area contributed by atoms with Crippen molar-refractivity contribution in [1.29, 1.82) is 5.26 Å². The number of nitriles is 1. The Morgan fingerprint density at radius 2 is 1.62 bits per heavy atom. The highest BCUT2D eigenvalue weighted by Crippen LogP contribution is 2.41. The number of alkyl halides is 3. The molecule has 0 radical (unpaired) electrons. The number of carbonyl (C=O) groups is 5. The molecule has 53 heavy (non-hydrogen) atoms. The van der Waals surface area contributed by atoms with E-state index in [1.807, 2.05) is 0 Å². The zero-order chi connectivity index (χ0) is 38.8. The number of esters is 2. The number of nitrogens with one attached hydrogen (secondary N) is 1. The van der Waals surface area contributed by atoms with Gasteiger partial charge >= 0.3 is 24.1 Å². The standard InChI is InChI=1S/C37H33F3N4O9/c1-20(45)30-7-6-8-33(53-30)52-27-13-10-25(11-14-27)42-29-17-32(51-22(3)47)31(50-21(2)46)15-24(29)19-43-35(49)44(34(48)36(43,4)5)26-12-9-23(18-41)28(16-26)37(38,39)40/h7,9-17,33,42H,6,8,19H2,1-5H3. The Hall–Kier alpha value is -6.37. The van der Waals surface area contributed by atoms with Gasteiger partial charge in [-0.25, -0.2) is 9.69 Å². The maximum Gasteiger partial charge on any atom is 0.417 e. The zero-order valence-electron chi connectivity index (χ0n) is 29.1. The molecule has 5 rings (SSSR count). The summed E-state index contributed by atoms with van der Waals surface area (Å²) in [5.41, 5.74) is -3.01. The number of allylic oxidation sites excluding steroid dienone is 2. The van der Waals surface area contributed by atoms with Gasteiger partial charge in [-0.3, -0.25) is 19.2 Å². The van der Waals surface area contributed by atoms with Gasteiger partial charge < -0.3 is 29.2 Å². The van der Waals surface area contributed by atoms with Crippen molar-refractivity contribution in [2.75, 3.05) is 10.2 Å². The number of halogens is 3. The van der Waals surface area contributed by atoms with Gasteiger partial charge in [0.1, 0.15) is 11.3 Å². The zero-order valence-corrected chi connectivity index (χ0v) is 29.1. The monoisotopic (exact) mass is 734 g/mol. The lowest BCUT2D eigenvalue weighted by molar-refractivity contribution is -0.138. The molecule has 2 aliphatic heterocycles. The molecular weight excluding hydrogens is 701 g/mol. The summed E-state index contributed by atoms with van der Waals surface area (Å²) in [6.07, 6.45) is -2.81. The van der Waals surface area contributed by atoms with Gasteiger partial charge in [0, 0.05) is 44.6 Å². The predicted molar refractivity (Wildman–Crippen MR) is 181 cm³/mol. The van der Waals surface area contributed by atoms with Crippen LogP contribution in [-0.4, -0.2) is 46.4 Å². The number of ether oxygens (including phenoxy) is 4. The van der Waals surface area contributed by atoms with Crippen molar-refractivity contribution >= 4 is 46.7 Å². The number of rotatable bonds is 10. The van der Waals surface area contributed by atoms with Crippen LogP contribution in [0.4, 0.5) is 35.0 Å². The first-order valence-electron chi connectivity index (χ1n) is 16.1. The molecule has 3 aromatic carbocycles. The number of amides is 3. The van der Waals surface area contributed by atoms with E-state index in [9.17, 15) is 42.4 Å². The number of carbonyl (C=O) groups excluding carboxylic acids is 5. The Labute approximate surface area is 301 Å². The van der Waals surface area contributed by atoms with E-state index in [1.165, 1.54) is 39.0 Å². The van der Waals surface area contributed by atoms with E-state index in [0.717, 1.165) is 30.9 Å². The summed E-state index contributed by atoms with van der Waals surface area (Å²) in [5.74, 6) is -2.23. The summed E-state index contributed by atoms with van der Waals surface area (Å²) in [4.78, 5) is 65.1. The quantitative estimate of drug-likeness (QED) is 0.131. The smallest absolute Gasteiger partial charge is 0.417 e. The number of urea groups is 1. The van der Waals surface area contributed by atoms with E-state index in [1.54, 1.807) is 30.3 Å². The second-order valence-corrected chi connectivity index (χ2v) is 12.6. The first kappa shape index (κ1) is 37.9. The summed E-state index contributed by atoms with van der Waals surface area (Å²) in [6.45, 7) is 6.14. The highest BCUT2D eigenvalue weighted by Gasteiger charge is 2.52. The average molecular weight is 735 g/mol. The third kappa shape index (κ3) is 8.25. The second-order valence-electron chi connectivity index (χ2n) is 12.6. The molecule has 1 unspecified atom stereocenters. The molecular formula is C37H33F3N4O9. The van der Waals surface area contributed by atoms with Crippen molar-refractivity contribution in [3.63, 3.8) is 0 Å². The van der Waals surface area contributed by atoms with Gasteiger partial charge in [0.05, 0.1) is 29.4 Å². The Kier molecular flexibility index (Phi) is 10.5. The van der Waals surface area contributed by atoms with E-state index in [-0.39, 0.29) is 46.5 Å². The maximum absolute atomic E-state index is 13.9.